The second kappa shape index (κ2) is 7.86. The molecule has 0 bridgehead atoms. The third-order valence-corrected chi connectivity index (χ3v) is 1.90. The highest BCUT2D eigenvalue weighted by atomic mass is 16.5. The molecule has 0 aromatic heterocycles. The molecule has 94 valence electrons. The quantitative estimate of drug-likeness (QED) is 0.871. The average Bonchev–Trinajstić information content (AvgIpc) is 2.42. The first kappa shape index (κ1) is 13.7. The Morgan fingerprint density at radius 3 is 1.56 bits per heavy atom. The average molecular weight is 245 g/mol. The summed E-state index contributed by atoms with van der Waals surface area (Å²) in [5, 5.41) is 7.60. The van der Waals surface area contributed by atoms with Crippen molar-refractivity contribution in [3.05, 3.63) is 60.7 Å². The molecule has 0 atom stereocenters. The number of rotatable bonds is 3. The zero-order valence-electron chi connectivity index (χ0n) is 9.82. The smallest absolute Gasteiger partial charge is 0.317 e. The van der Waals surface area contributed by atoms with Crippen LogP contribution in [0.15, 0.2) is 60.7 Å². The van der Waals surface area contributed by atoms with Crippen molar-refractivity contribution in [2.75, 3.05) is 6.54 Å². The van der Waals surface area contributed by atoms with E-state index in [-0.39, 0.29) is 6.54 Å². The number of carbonyl (C=O) groups is 1. The molecular formula is C14H15NO3. The van der Waals surface area contributed by atoms with Gasteiger partial charge in [0, 0.05) is 0 Å². The van der Waals surface area contributed by atoms with E-state index in [2.05, 4.69) is 5.73 Å². The second-order valence-electron chi connectivity index (χ2n) is 3.33. The number of aliphatic carboxylic acids is 1. The lowest BCUT2D eigenvalue weighted by molar-refractivity contribution is -0.135. The van der Waals surface area contributed by atoms with Gasteiger partial charge in [0.2, 0.25) is 0 Å². The third kappa shape index (κ3) is 5.67. The van der Waals surface area contributed by atoms with E-state index in [1.165, 1.54) is 0 Å². The number of hydrogen-bond donors (Lipinski definition) is 2. The molecule has 2 aromatic carbocycles. The van der Waals surface area contributed by atoms with Gasteiger partial charge < -0.3 is 15.6 Å². The Balaban J connectivity index is 0.000000280. The van der Waals surface area contributed by atoms with Gasteiger partial charge in [-0.2, -0.15) is 0 Å². The van der Waals surface area contributed by atoms with Crippen LogP contribution in [0, 0.1) is 0 Å². The summed E-state index contributed by atoms with van der Waals surface area (Å²) in [6, 6.07) is 19.5. The predicted molar refractivity (Wildman–Crippen MR) is 69.6 cm³/mol. The fraction of sp³-hybridized carbons (Fsp3) is 0.0714. The number of nitrogens with two attached hydrogens (primary N) is 1. The van der Waals surface area contributed by atoms with Gasteiger partial charge >= 0.3 is 5.97 Å². The van der Waals surface area contributed by atoms with Crippen molar-refractivity contribution in [1.82, 2.24) is 0 Å². The number of ether oxygens (including phenoxy) is 1. The molecule has 0 aliphatic carbocycles. The van der Waals surface area contributed by atoms with Gasteiger partial charge in [0.1, 0.15) is 11.5 Å². The van der Waals surface area contributed by atoms with Crippen LogP contribution in [0.2, 0.25) is 0 Å². The molecule has 0 aliphatic rings. The lowest BCUT2D eigenvalue weighted by atomic mass is 10.3. The molecule has 4 heteroatoms. The Morgan fingerprint density at radius 1 is 0.944 bits per heavy atom. The molecule has 0 fully saturated rings. The van der Waals surface area contributed by atoms with Gasteiger partial charge in [-0.15, -0.1) is 0 Å². The van der Waals surface area contributed by atoms with E-state index in [1.807, 2.05) is 60.7 Å². The van der Waals surface area contributed by atoms with E-state index in [0.717, 1.165) is 11.5 Å². The molecule has 2 rings (SSSR count). The van der Waals surface area contributed by atoms with Crippen LogP contribution in [0.4, 0.5) is 0 Å². The van der Waals surface area contributed by atoms with E-state index in [0.29, 0.717) is 0 Å². The maximum Gasteiger partial charge on any atom is 0.317 e. The van der Waals surface area contributed by atoms with Crippen molar-refractivity contribution in [3.8, 4) is 11.5 Å². The lowest BCUT2D eigenvalue weighted by Gasteiger charge is -2.03. The van der Waals surface area contributed by atoms with E-state index < -0.39 is 5.97 Å². The highest BCUT2D eigenvalue weighted by molar-refractivity contribution is 5.68. The Hall–Kier alpha value is -2.33. The monoisotopic (exact) mass is 245 g/mol. The maximum atomic E-state index is 9.24. The maximum absolute atomic E-state index is 9.24. The minimum Gasteiger partial charge on any atom is -0.480 e. The molecule has 0 radical (unpaired) electrons. The molecule has 0 spiro atoms. The van der Waals surface area contributed by atoms with Crippen molar-refractivity contribution < 1.29 is 14.6 Å². The summed E-state index contributed by atoms with van der Waals surface area (Å²) in [6.45, 7) is -0.278. The highest BCUT2D eigenvalue weighted by Crippen LogP contribution is 2.19. The molecule has 0 saturated heterocycles. The Labute approximate surface area is 106 Å². The zero-order chi connectivity index (χ0) is 13.2. The second-order valence-corrected chi connectivity index (χ2v) is 3.33. The van der Waals surface area contributed by atoms with E-state index in [9.17, 15) is 4.79 Å². The highest BCUT2D eigenvalue weighted by Gasteiger charge is 1.92. The zero-order valence-corrected chi connectivity index (χ0v) is 9.82. The molecule has 2 aromatic rings. The van der Waals surface area contributed by atoms with Gasteiger partial charge in [-0.1, -0.05) is 36.4 Å². The molecule has 0 heterocycles. The van der Waals surface area contributed by atoms with E-state index in [1.54, 1.807) is 0 Å². The molecule has 0 amide bonds. The van der Waals surface area contributed by atoms with Crippen LogP contribution in [0.5, 0.6) is 11.5 Å². The van der Waals surface area contributed by atoms with Gasteiger partial charge in [0.15, 0.2) is 0 Å². The van der Waals surface area contributed by atoms with Crippen LogP contribution in [0.25, 0.3) is 0 Å². The summed E-state index contributed by atoms with van der Waals surface area (Å²) in [5.74, 6) is 0.771. The minimum absolute atomic E-state index is 0.278. The predicted octanol–water partition coefficient (Wildman–Crippen LogP) is 2.51. The third-order valence-electron chi connectivity index (χ3n) is 1.90. The van der Waals surface area contributed by atoms with Crippen molar-refractivity contribution in [3.63, 3.8) is 0 Å². The van der Waals surface area contributed by atoms with Crippen molar-refractivity contribution in [2.45, 2.75) is 0 Å². The van der Waals surface area contributed by atoms with Crippen LogP contribution in [0.1, 0.15) is 0 Å². The first-order valence-electron chi connectivity index (χ1n) is 5.42. The van der Waals surface area contributed by atoms with Crippen LogP contribution in [-0.2, 0) is 4.79 Å². The summed E-state index contributed by atoms with van der Waals surface area (Å²) in [7, 11) is 0. The van der Waals surface area contributed by atoms with Crippen LogP contribution in [0.3, 0.4) is 0 Å². The first-order chi connectivity index (χ1) is 8.72. The normalized spacial score (nSPS) is 8.94. The molecule has 0 unspecified atom stereocenters. The van der Waals surface area contributed by atoms with Gasteiger partial charge in [0.05, 0.1) is 6.54 Å². The van der Waals surface area contributed by atoms with Gasteiger partial charge in [-0.25, -0.2) is 0 Å². The summed E-state index contributed by atoms with van der Waals surface area (Å²) in [4.78, 5) is 9.24. The van der Waals surface area contributed by atoms with Crippen LogP contribution in [-0.4, -0.2) is 17.6 Å². The van der Waals surface area contributed by atoms with Crippen LogP contribution < -0.4 is 10.5 Å². The number of carboxylic acid groups (broad SMARTS) is 1. The standard InChI is InChI=1S/C12H10O.C2H5NO2/c1-3-7-11(8-4-1)13-12-9-5-2-6-10-12;3-1-2(4)5/h1-10H;1,3H2,(H,4,5). The Bertz CT molecular complexity index is 419. The molecule has 0 saturated carbocycles. The molecule has 0 aliphatic heterocycles. The Morgan fingerprint density at radius 2 is 1.28 bits per heavy atom. The lowest BCUT2D eigenvalue weighted by Crippen LogP contribution is -2.10. The number of para-hydroxylation sites is 2. The summed E-state index contributed by atoms with van der Waals surface area (Å²) in [6.07, 6.45) is 0. The van der Waals surface area contributed by atoms with Crippen molar-refractivity contribution >= 4 is 5.97 Å². The Kier molecular flexibility index (Phi) is 6.00. The number of carboxylic acids is 1. The minimum atomic E-state index is -0.968. The van der Waals surface area contributed by atoms with E-state index in [4.69, 9.17) is 9.84 Å². The van der Waals surface area contributed by atoms with Gasteiger partial charge in [0.25, 0.3) is 0 Å². The largest absolute Gasteiger partial charge is 0.480 e. The summed E-state index contributed by atoms with van der Waals surface area (Å²) in [5.41, 5.74) is 4.57. The van der Waals surface area contributed by atoms with E-state index >= 15 is 0 Å². The van der Waals surface area contributed by atoms with Gasteiger partial charge in [-0.3, -0.25) is 4.79 Å². The fourth-order valence-corrected chi connectivity index (χ4v) is 1.11. The van der Waals surface area contributed by atoms with Crippen molar-refractivity contribution in [1.29, 1.82) is 0 Å². The number of hydrogen-bond acceptors (Lipinski definition) is 3. The number of benzene rings is 2. The molecule has 4 nitrogen and oxygen atoms in total. The SMILES string of the molecule is NCC(=O)O.c1ccc(Oc2ccccc2)cc1. The molecule has 18 heavy (non-hydrogen) atoms. The fourth-order valence-electron chi connectivity index (χ4n) is 1.11. The van der Waals surface area contributed by atoms with Crippen molar-refractivity contribution in [2.24, 2.45) is 5.73 Å². The van der Waals surface area contributed by atoms with Crippen LogP contribution >= 0.6 is 0 Å². The van der Waals surface area contributed by atoms with Gasteiger partial charge in [-0.05, 0) is 24.3 Å². The molecule has 3 N–H and O–H groups in total. The summed E-state index contributed by atoms with van der Waals surface area (Å²) >= 11 is 0. The first-order valence-corrected chi connectivity index (χ1v) is 5.42. The summed E-state index contributed by atoms with van der Waals surface area (Å²) < 4.78 is 5.58. The topological polar surface area (TPSA) is 72.6 Å². The molecular weight excluding hydrogens is 230 g/mol.